The first-order chi connectivity index (χ1) is 8.78. The van der Waals surface area contributed by atoms with Gasteiger partial charge in [0.05, 0.1) is 5.69 Å². The van der Waals surface area contributed by atoms with E-state index in [1.54, 1.807) is 0 Å². The molecule has 0 aromatic carbocycles. The molecule has 3 rings (SSSR count). The Morgan fingerprint density at radius 2 is 2.28 bits per heavy atom. The molecule has 4 nitrogen and oxygen atoms in total. The second-order valence-electron chi connectivity index (χ2n) is 5.37. The number of rotatable bonds is 4. The maximum Gasteiger partial charge on any atom is 0.229 e. The molecule has 1 aromatic rings. The Kier molecular flexibility index (Phi) is 3.35. The van der Waals surface area contributed by atoms with Gasteiger partial charge in [-0.25, -0.2) is 4.98 Å². The minimum Gasteiger partial charge on any atom is -0.330 e. The van der Waals surface area contributed by atoms with Gasteiger partial charge in [-0.05, 0) is 38.1 Å². The molecular formula is C13H19N3OS. The smallest absolute Gasteiger partial charge is 0.229 e. The summed E-state index contributed by atoms with van der Waals surface area (Å²) in [5, 5.41) is 5.79. The molecule has 2 saturated carbocycles. The van der Waals surface area contributed by atoms with E-state index in [1.165, 1.54) is 24.2 Å². The van der Waals surface area contributed by atoms with Gasteiger partial charge >= 0.3 is 0 Å². The predicted molar refractivity (Wildman–Crippen MR) is 72.6 cm³/mol. The number of nitrogens with zero attached hydrogens (tertiary/aromatic N) is 1. The van der Waals surface area contributed by atoms with Gasteiger partial charge in [0.1, 0.15) is 0 Å². The summed E-state index contributed by atoms with van der Waals surface area (Å²) in [7, 11) is 0. The van der Waals surface area contributed by atoms with Crippen LogP contribution in [0.15, 0.2) is 5.38 Å². The fourth-order valence-electron chi connectivity index (χ4n) is 2.77. The molecule has 5 heteroatoms. The molecule has 2 atom stereocenters. The quantitative estimate of drug-likeness (QED) is 0.878. The summed E-state index contributed by atoms with van der Waals surface area (Å²) in [4.78, 5) is 16.7. The van der Waals surface area contributed by atoms with E-state index in [-0.39, 0.29) is 11.8 Å². The highest BCUT2D eigenvalue weighted by Gasteiger charge is 2.32. The lowest BCUT2D eigenvalue weighted by atomic mass is 9.95. The predicted octanol–water partition coefficient (Wildman–Crippen LogP) is 2.33. The molecule has 18 heavy (non-hydrogen) atoms. The van der Waals surface area contributed by atoms with Gasteiger partial charge < -0.3 is 11.1 Å². The fourth-order valence-corrected chi connectivity index (χ4v) is 3.57. The summed E-state index contributed by atoms with van der Waals surface area (Å²) in [6, 6.07) is 0. The molecule has 0 spiro atoms. The first-order valence-electron chi connectivity index (χ1n) is 6.74. The fraction of sp³-hybridized carbons (Fsp3) is 0.692. The first kappa shape index (κ1) is 12.1. The van der Waals surface area contributed by atoms with Crippen molar-refractivity contribution in [2.75, 3.05) is 11.9 Å². The lowest BCUT2D eigenvalue weighted by molar-refractivity contribution is -0.120. The molecule has 98 valence electrons. The van der Waals surface area contributed by atoms with Gasteiger partial charge in [-0.1, -0.05) is 6.42 Å². The molecule has 2 aliphatic carbocycles. The van der Waals surface area contributed by atoms with Crippen LogP contribution in [0.3, 0.4) is 0 Å². The monoisotopic (exact) mass is 265 g/mol. The molecule has 2 aliphatic rings. The van der Waals surface area contributed by atoms with E-state index in [2.05, 4.69) is 15.7 Å². The Balaban J connectivity index is 1.62. The van der Waals surface area contributed by atoms with Crippen LogP contribution in [0.25, 0.3) is 0 Å². The van der Waals surface area contributed by atoms with E-state index in [9.17, 15) is 4.79 Å². The second kappa shape index (κ2) is 4.97. The van der Waals surface area contributed by atoms with Crippen LogP contribution in [0.2, 0.25) is 0 Å². The van der Waals surface area contributed by atoms with Crippen LogP contribution in [0.1, 0.15) is 43.7 Å². The molecule has 3 N–H and O–H groups in total. The second-order valence-corrected chi connectivity index (χ2v) is 6.23. The van der Waals surface area contributed by atoms with Gasteiger partial charge in [-0.15, -0.1) is 11.3 Å². The molecule has 0 radical (unpaired) electrons. The van der Waals surface area contributed by atoms with E-state index in [0.717, 1.165) is 30.1 Å². The van der Waals surface area contributed by atoms with Crippen molar-refractivity contribution in [2.24, 2.45) is 17.6 Å². The Morgan fingerprint density at radius 1 is 1.44 bits per heavy atom. The number of nitrogens with one attached hydrogen (secondary N) is 1. The third-order valence-electron chi connectivity index (χ3n) is 4.05. The first-order valence-corrected chi connectivity index (χ1v) is 7.62. The zero-order valence-electron chi connectivity index (χ0n) is 10.4. The van der Waals surface area contributed by atoms with Crippen molar-refractivity contribution in [1.29, 1.82) is 0 Å². The van der Waals surface area contributed by atoms with Crippen molar-refractivity contribution >= 4 is 22.4 Å². The van der Waals surface area contributed by atoms with Gasteiger partial charge in [0, 0.05) is 17.2 Å². The largest absolute Gasteiger partial charge is 0.330 e. The Morgan fingerprint density at radius 3 is 3.00 bits per heavy atom. The van der Waals surface area contributed by atoms with Crippen molar-refractivity contribution in [3.63, 3.8) is 0 Å². The highest BCUT2D eigenvalue weighted by molar-refractivity contribution is 7.13. The van der Waals surface area contributed by atoms with E-state index in [1.807, 2.05) is 0 Å². The molecule has 2 fully saturated rings. The van der Waals surface area contributed by atoms with Gasteiger partial charge in [0.25, 0.3) is 0 Å². The standard InChI is InChI=1S/C13H19N3OS/c14-6-9-2-1-3-10(9)12(17)16-13-15-11(7-18-13)8-4-5-8/h7-10H,1-6,14H2,(H,15,16,17). The van der Waals surface area contributed by atoms with E-state index >= 15 is 0 Å². The number of thiazole rings is 1. The zero-order chi connectivity index (χ0) is 12.5. The minimum atomic E-state index is 0.0864. The summed E-state index contributed by atoms with van der Waals surface area (Å²) >= 11 is 1.54. The molecule has 0 aliphatic heterocycles. The number of amides is 1. The van der Waals surface area contributed by atoms with Crippen molar-refractivity contribution in [2.45, 2.75) is 38.0 Å². The highest BCUT2D eigenvalue weighted by atomic mass is 32.1. The van der Waals surface area contributed by atoms with Crippen LogP contribution in [-0.4, -0.2) is 17.4 Å². The van der Waals surface area contributed by atoms with Gasteiger partial charge in [-0.3, -0.25) is 4.79 Å². The Bertz CT molecular complexity index is 441. The number of hydrogen-bond acceptors (Lipinski definition) is 4. The summed E-state index contributed by atoms with van der Waals surface area (Å²) in [5.41, 5.74) is 6.86. The molecule has 2 unspecified atom stereocenters. The van der Waals surface area contributed by atoms with Gasteiger partial charge in [0.15, 0.2) is 5.13 Å². The number of nitrogens with two attached hydrogens (primary N) is 1. The average Bonchev–Trinajstić information content (AvgIpc) is 2.93. The lowest BCUT2D eigenvalue weighted by Crippen LogP contribution is -2.29. The van der Waals surface area contributed by atoms with Crippen LogP contribution < -0.4 is 11.1 Å². The van der Waals surface area contributed by atoms with Crippen LogP contribution >= 0.6 is 11.3 Å². The number of carbonyl (C=O) groups is 1. The molecule has 0 bridgehead atoms. The molecular weight excluding hydrogens is 246 g/mol. The maximum absolute atomic E-state index is 12.2. The maximum atomic E-state index is 12.2. The summed E-state index contributed by atoms with van der Waals surface area (Å²) in [5.74, 6) is 1.20. The number of carbonyl (C=O) groups excluding carboxylic acids is 1. The Hall–Kier alpha value is -0.940. The molecule has 1 aromatic heterocycles. The van der Waals surface area contributed by atoms with E-state index in [0.29, 0.717) is 18.4 Å². The lowest BCUT2D eigenvalue weighted by Gasteiger charge is -2.16. The van der Waals surface area contributed by atoms with Gasteiger partial charge in [0.2, 0.25) is 5.91 Å². The average molecular weight is 265 g/mol. The SMILES string of the molecule is NCC1CCCC1C(=O)Nc1nc(C2CC2)cs1. The van der Waals surface area contributed by atoms with Crippen LogP contribution in [0, 0.1) is 11.8 Å². The van der Waals surface area contributed by atoms with E-state index in [4.69, 9.17) is 5.73 Å². The molecule has 1 amide bonds. The van der Waals surface area contributed by atoms with Crippen molar-refractivity contribution < 1.29 is 4.79 Å². The number of aromatic nitrogens is 1. The minimum absolute atomic E-state index is 0.0864. The molecule has 1 heterocycles. The summed E-state index contributed by atoms with van der Waals surface area (Å²) in [6.07, 6.45) is 5.66. The zero-order valence-corrected chi connectivity index (χ0v) is 11.2. The summed E-state index contributed by atoms with van der Waals surface area (Å²) in [6.45, 7) is 0.614. The normalized spacial score (nSPS) is 27.4. The molecule has 0 saturated heterocycles. The Labute approximate surface area is 111 Å². The van der Waals surface area contributed by atoms with Crippen molar-refractivity contribution in [1.82, 2.24) is 4.98 Å². The summed E-state index contributed by atoms with van der Waals surface area (Å²) < 4.78 is 0. The van der Waals surface area contributed by atoms with E-state index < -0.39 is 0 Å². The topological polar surface area (TPSA) is 68.0 Å². The third kappa shape index (κ3) is 2.42. The van der Waals surface area contributed by atoms with Crippen molar-refractivity contribution in [3.05, 3.63) is 11.1 Å². The van der Waals surface area contributed by atoms with Crippen LogP contribution in [0.4, 0.5) is 5.13 Å². The van der Waals surface area contributed by atoms with Crippen LogP contribution in [-0.2, 0) is 4.79 Å². The number of hydrogen-bond donors (Lipinski definition) is 2. The van der Waals surface area contributed by atoms with Crippen molar-refractivity contribution in [3.8, 4) is 0 Å². The number of anilines is 1. The van der Waals surface area contributed by atoms with Crippen LogP contribution in [0.5, 0.6) is 0 Å². The highest BCUT2D eigenvalue weighted by Crippen LogP contribution is 2.41. The third-order valence-corrected chi connectivity index (χ3v) is 4.82. The van der Waals surface area contributed by atoms with Gasteiger partial charge in [-0.2, -0.15) is 0 Å².